The normalized spacial score (nSPS) is 13.6. The second-order valence-electron chi connectivity index (χ2n) is 4.17. The van der Waals surface area contributed by atoms with Gasteiger partial charge in [-0.05, 0) is 50.7 Å². The number of thioether (sulfide) groups is 1. The van der Waals surface area contributed by atoms with E-state index < -0.39 is 0 Å². The van der Waals surface area contributed by atoms with Crippen LogP contribution in [-0.4, -0.2) is 24.6 Å². The van der Waals surface area contributed by atoms with Gasteiger partial charge in [0, 0.05) is 6.04 Å². The Balaban J connectivity index is 3.15. The highest BCUT2D eigenvalue weighted by molar-refractivity contribution is 7.98. The van der Waals surface area contributed by atoms with Gasteiger partial charge in [0.25, 0.3) is 0 Å². The van der Waals surface area contributed by atoms with Crippen molar-refractivity contribution in [2.24, 2.45) is 5.92 Å². The molecule has 1 unspecified atom stereocenters. The second-order valence-corrected chi connectivity index (χ2v) is 5.16. The lowest BCUT2D eigenvalue weighted by Gasteiger charge is -2.14. The number of hydrogen-bond donors (Lipinski definition) is 1. The molecule has 0 heterocycles. The summed E-state index contributed by atoms with van der Waals surface area (Å²) in [4.78, 5) is 0. The molecule has 13 heavy (non-hydrogen) atoms. The Bertz CT molecular complexity index is 104. The third-order valence-electron chi connectivity index (χ3n) is 2.20. The molecule has 1 atom stereocenters. The van der Waals surface area contributed by atoms with E-state index in [9.17, 15) is 0 Å². The minimum atomic E-state index is 0.698. The third-order valence-corrected chi connectivity index (χ3v) is 2.89. The summed E-state index contributed by atoms with van der Waals surface area (Å²) < 4.78 is 0. The summed E-state index contributed by atoms with van der Waals surface area (Å²) in [6.07, 6.45) is 6.13. The van der Waals surface area contributed by atoms with Crippen LogP contribution in [0, 0.1) is 5.92 Å². The molecule has 0 saturated heterocycles. The maximum atomic E-state index is 3.56. The smallest absolute Gasteiger partial charge is 0.00388 e. The summed E-state index contributed by atoms with van der Waals surface area (Å²) in [5.74, 6) is 2.12. The standard InChI is InChI=1S/C11H25NS/c1-10(2)6-7-11(3)12-8-5-9-13-4/h10-12H,5-9H2,1-4H3. The number of hydrogen-bond acceptors (Lipinski definition) is 2. The molecule has 0 bridgehead atoms. The summed E-state index contributed by atoms with van der Waals surface area (Å²) in [6, 6.07) is 0.698. The van der Waals surface area contributed by atoms with Gasteiger partial charge in [-0.25, -0.2) is 0 Å². The predicted molar refractivity (Wildman–Crippen MR) is 64.5 cm³/mol. The molecule has 1 N–H and O–H groups in total. The summed E-state index contributed by atoms with van der Waals surface area (Å²) in [5.41, 5.74) is 0. The van der Waals surface area contributed by atoms with Crippen molar-refractivity contribution in [3.05, 3.63) is 0 Å². The molecule has 0 aromatic rings. The molecule has 0 aliphatic heterocycles. The molecule has 0 aromatic heterocycles. The molecular weight excluding hydrogens is 178 g/mol. The van der Waals surface area contributed by atoms with Gasteiger partial charge in [-0.15, -0.1) is 0 Å². The van der Waals surface area contributed by atoms with Crippen molar-refractivity contribution in [2.75, 3.05) is 18.6 Å². The van der Waals surface area contributed by atoms with Gasteiger partial charge in [0.1, 0.15) is 0 Å². The van der Waals surface area contributed by atoms with Crippen LogP contribution in [0.2, 0.25) is 0 Å². The molecule has 0 radical (unpaired) electrons. The van der Waals surface area contributed by atoms with E-state index in [4.69, 9.17) is 0 Å². The van der Waals surface area contributed by atoms with Crippen LogP contribution in [0.25, 0.3) is 0 Å². The molecule has 2 heteroatoms. The summed E-state index contributed by atoms with van der Waals surface area (Å²) >= 11 is 1.93. The lowest BCUT2D eigenvalue weighted by atomic mass is 10.0. The number of nitrogens with one attached hydrogen (secondary N) is 1. The monoisotopic (exact) mass is 203 g/mol. The fourth-order valence-electron chi connectivity index (χ4n) is 1.25. The molecule has 0 amide bonds. The molecule has 1 nitrogen and oxygen atoms in total. The molecule has 0 aliphatic rings. The topological polar surface area (TPSA) is 12.0 Å². The second kappa shape index (κ2) is 8.89. The average Bonchev–Trinajstić information content (AvgIpc) is 2.09. The van der Waals surface area contributed by atoms with E-state index >= 15 is 0 Å². The molecule has 0 spiro atoms. The van der Waals surface area contributed by atoms with Crippen LogP contribution in [0.5, 0.6) is 0 Å². The minimum absolute atomic E-state index is 0.698. The summed E-state index contributed by atoms with van der Waals surface area (Å²) in [6.45, 7) is 8.06. The van der Waals surface area contributed by atoms with Crippen molar-refractivity contribution in [3.8, 4) is 0 Å². The van der Waals surface area contributed by atoms with E-state index in [1.54, 1.807) is 0 Å². The van der Waals surface area contributed by atoms with E-state index in [1.807, 2.05) is 11.8 Å². The minimum Gasteiger partial charge on any atom is -0.314 e. The van der Waals surface area contributed by atoms with E-state index in [2.05, 4.69) is 32.3 Å². The van der Waals surface area contributed by atoms with Gasteiger partial charge in [-0.3, -0.25) is 0 Å². The van der Waals surface area contributed by atoms with Crippen LogP contribution in [0.3, 0.4) is 0 Å². The summed E-state index contributed by atoms with van der Waals surface area (Å²) in [5, 5.41) is 3.56. The molecule has 80 valence electrons. The van der Waals surface area contributed by atoms with Gasteiger partial charge >= 0.3 is 0 Å². The quantitative estimate of drug-likeness (QED) is 0.608. The van der Waals surface area contributed by atoms with Crippen LogP contribution in [-0.2, 0) is 0 Å². The van der Waals surface area contributed by atoms with Crippen LogP contribution >= 0.6 is 11.8 Å². The van der Waals surface area contributed by atoms with Gasteiger partial charge in [-0.1, -0.05) is 13.8 Å². The zero-order valence-electron chi connectivity index (χ0n) is 9.60. The van der Waals surface area contributed by atoms with E-state index in [0.717, 1.165) is 5.92 Å². The SMILES string of the molecule is CSCCCNC(C)CCC(C)C. The van der Waals surface area contributed by atoms with Crippen molar-refractivity contribution in [1.82, 2.24) is 5.32 Å². The van der Waals surface area contributed by atoms with Crippen LogP contribution in [0.4, 0.5) is 0 Å². The Morgan fingerprint density at radius 2 is 1.85 bits per heavy atom. The van der Waals surface area contributed by atoms with Crippen molar-refractivity contribution in [3.63, 3.8) is 0 Å². The first-order valence-electron chi connectivity index (χ1n) is 5.39. The Morgan fingerprint density at radius 3 is 2.38 bits per heavy atom. The molecular formula is C11H25NS. The van der Waals surface area contributed by atoms with E-state index in [1.165, 1.54) is 31.6 Å². The fraction of sp³-hybridized carbons (Fsp3) is 1.00. The molecule has 0 rings (SSSR count). The van der Waals surface area contributed by atoms with Gasteiger partial charge in [0.15, 0.2) is 0 Å². The van der Waals surface area contributed by atoms with E-state index in [0.29, 0.717) is 6.04 Å². The van der Waals surface area contributed by atoms with Crippen molar-refractivity contribution in [1.29, 1.82) is 0 Å². The van der Waals surface area contributed by atoms with Gasteiger partial charge in [0.05, 0.1) is 0 Å². The Morgan fingerprint density at radius 1 is 1.15 bits per heavy atom. The number of rotatable bonds is 8. The molecule has 0 fully saturated rings. The van der Waals surface area contributed by atoms with Gasteiger partial charge in [-0.2, -0.15) is 11.8 Å². The average molecular weight is 203 g/mol. The molecule has 0 aliphatic carbocycles. The van der Waals surface area contributed by atoms with Crippen LogP contribution in [0.1, 0.15) is 40.0 Å². The highest BCUT2D eigenvalue weighted by atomic mass is 32.2. The molecule has 0 saturated carbocycles. The van der Waals surface area contributed by atoms with E-state index in [-0.39, 0.29) is 0 Å². The van der Waals surface area contributed by atoms with Crippen molar-refractivity contribution in [2.45, 2.75) is 46.1 Å². The van der Waals surface area contributed by atoms with Gasteiger partial charge in [0.2, 0.25) is 0 Å². The summed E-state index contributed by atoms with van der Waals surface area (Å²) in [7, 11) is 0. The third kappa shape index (κ3) is 10.2. The van der Waals surface area contributed by atoms with Crippen molar-refractivity contribution < 1.29 is 0 Å². The Hall–Kier alpha value is 0.310. The maximum Gasteiger partial charge on any atom is 0.00388 e. The first-order valence-corrected chi connectivity index (χ1v) is 6.78. The fourth-order valence-corrected chi connectivity index (χ4v) is 1.68. The van der Waals surface area contributed by atoms with Crippen LogP contribution in [0.15, 0.2) is 0 Å². The van der Waals surface area contributed by atoms with Gasteiger partial charge < -0.3 is 5.32 Å². The Kier molecular flexibility index (Phi) is 9.10. The lowest BCUT2D eigenvalue weighted by molar-refractivity contribution is 0.452. The maximum absolute atomic E-state index is 3.56. The predicted octanol–water partition coefficient (Wildman–Crippen LogP) is 3.15. The highest BCUT2D eigenvalue weighted by Crippen LogP contribution is 2.06. The first-order chi connectivity index (χ1) is 6.16. The zero-order chi connectivity index (χ0) is 10.1. The first kappa shape index (κ1) is 13.3. The Labute approximate surface area is 88.1 Å². The molecule has 0 aromatic carbocycles. The largest absolute Gasteiger partial charge is 0.314 e. The zero-order valence-corrected chi connectivity index (χ0v) is 10.4. The lowest BCUT2D eigenvalue weighted by Crippen LogP contribution is -2.27. The van der Waals surface area contributed by atoms with Crippen LogP contribution < -0.4 is 5.32 Å². The highest BCUT2D eigenvalue weighted by Gasteiger charge is 2.01. The van der Waals surface area contributed by atoms with Crippen molar-refractivity contribution >= 4 is 11.8 Å².